The highest BCUT2D eigenvalue weighted by molar-refractivity contribution is 7.85. The molecule has 0 heterocycles. The van der Waals surface area contributed by atoms with Crippen LogP contribution in [0.5, 0.6) is 0 Å². The van der Waals surface area contributed by atoms with Crippen LogP contribution in [0.2, 0.25) is 5.02 Å². The van der Waals surface area contributed by atoms with E-state index in [9.17, 15) is 17.6 Å². The predicted octanol–water partition coefficient (Wildman–Crippen LogP) is 2.55. The van der Waals surface area contributed by atoms with Gasteiger partial charge in [0.05, 0.1) is 17.9 Å². The smallest absolute Gasteiger partial charge is 0.273 e. The number of unbranched alkanes of at least 4 members (excludes halogenated alkanes) is 1. The average Bonchev–Trinajstić information content (AvgIpc) is 2.52. The van der Waals surface area contributed by atoms with Crippen LogP contribution in [0.4, 0.5) is 10.1 Å². The zero-order chi connectivity index (χ0) is 18.9. The molecule has 0 bridgehead atoms. The number of hydrogen-bond donors (Lipinski definition) is 1. The number of rotatable bonds is 9. The molecule has 0 spiro atoms. The zero-order valence-corrected chi connectivity index (χ0v) is 15.1. The number of nitrogens with zero attached hydrogens (tertiary/aromatic N) is 2. The van der Waals surface area contributed by atoms with Gasteiger partial charge >= 0.3 is 0 Å². The molecule has 1 aromatic rings. The Labute approximate surface area is 149 Å². The molecule has 1 N–H and O–H groups in total. The Hall–Kier alpha value is -2.04. The molecule has 0 saturated carbocycles. The molecule has 25 heavy (non-hydrogen) atoms. The maximum atomic E-state index is 13.0. The van der Waals surface area contributed by atoms with Crippen molar-refractivity contribution in [2.24, 2.45) is 10.3 Å². The molecule has 8 nitrogen and oxygen atoms in total. The minimum atomic E-state index is -3.44. The number of hydrogen-bond acceptors (Lipinski definition) is 7. The van der Waals surface area contributed by atoms with Crippen LogP contribution in [0.25, 0.3) is 0 Å². The maximum Gasteiger partial charge on any atom is 0.273 e. The van der Waals surface area contributed by atoms with Crippen molar-refractivity contribution in [3.8, 4) is 0 Å². The molecule has 0 atom stereocenters. The second-order valence-electron chi connectivity index (χ2n) is 4.80. The largest absolute Gasteiger partial charge is 0.321 e. The molecule has 1 aromatic carbocycles. The van der Waals surface area contributed by atoms with Gasteiger partial charge in [-0.25, -0.2) is 9.33 Å². The van der Waals surface area contributed by atoms with Gasteiger partial charge in [0.25, 0.3) is 16.0 Å². The van der Waals surface area contributed by atoms with Crippen molar-refractivity contribution in [3.63, 3.8) is 0 Å². The SMILES string of the molecule is C/C(=N\O/N=C/CCCOS(C)(=O)=O)C(=O)Nc1ccc(F)c(Cl)c1. The monoisotopic (exact) mass is 393 g/mol. The van der Waals surface area contributed by atoms with E-state index in [0.29, 0.717) is 18.5 Å². The van der Waals surface area contributed by atoms with Crippen LogP contribution >= 0.6 is 11.6 Å². The van der Waals surface area contributed by atoms with E-state index in [1.807, 2.05) is 0 Å². The van der Waals surface area contributed by atoms with Crippen LogP contribution in [-0.2, 0) is 24.0 Å². The summed E-state index contributed by atoms with van der Waals surface area (Å²) in [7, 11) is -3.44. The lowest BCUT2D eigenvalue weighted by Crippen LogP contribution is -2.20. The van der Waals surface area contributed by atoms with Crippen LogP contribution in [0.3, 0.4) is 0 Å². The number of oxime groups is 2. The molecule has 0 fully saturated rings. The van der Waals surface area contributed by atoms with Crippen molar-refractivity contribution in [1.82, 2.24) is 0 Å². The van der Waals surface area contributed by atoms with Crippen molar-refractivity contribution < 1.29 is 26.7 Å². The van der Waals surface area contributed by atoms with Gasteiger partial charge in [-0.1, -0.05) is 21.9 Å². The van der Waals surface area contributed by atoms with Crippen molar-refractivity contribution >= 4 is 45.2 Å². The lowest BCUT2D eigenvalue weighted by molar-refractivity contribution is -0.110. The third-order valence-electron chi connectivity index (χ3n) is 2.58. The number of carbonyl (C=O) groups excluding carboxylic acids is 1. The summed E-state index contributed by atoms with van der Waals surface area (Å²) in [6.07, 6.45) is 3.16. The Balaban J connectivity index is 2.35. The quantitative estimate of drug-likeness (QED) is 0.300. The highest BCUT2D eigenvalue weighted by atomic mass is 35.5. The normalized spacial score (nSPS) is 12.4. The molecular weight excluding hydrogens is 377 g/mol. The molecule has 1 amide bonds. The lowest BCUT2D eigenvalue weighted by Gasteiger charge is -2.04. The van der Waals surface area contributed by atoms with Crippen LogP contribution in [0.1, 0.15) is 19.8 Å². The second kappa shape index (κ2) is 10.1. The van der Waals surface area contributed by atoms with Crippen LogP contribution in [0, 0.1) is 5.82 Å². The van der Waals surface area contributed by atoms with Gasteiger partial charge in [-0.3, -0.25) is 8.98 Å². The second-order valence-corrected chi connectivity index (χ2v) is 6.85. The standard InChI is InChI=1S/C14H17ClFN3O5S/c1-10(14(20)18-11-5-6-13(16)12(15)9-11)19-24-17-7-3-4-8-23-25(2,21)22/h5-7,9H,3-4,8H2,1-2H3,(H,18,20)/b17-7+,19-10+. The van der Waals surface area contributed by atoms with Crippen molar-refractivity contribution in [1.29, 1.82) is 0 Å². The highest BCUT2D eigenvalue weighted by Gasteiger charge is 2.09. The Morgan fingerprint density at radius 2 is 2.16 bits per heavy atom. The Morgan fingerprint density at radius 1 is 1.44 bits per heavy atom. The molecule has 0 saturated heterocycles. The van der Waals surface area contributed by atoms with E-state index in [1.165, 1.54) is 25.3 Å². The number of amides is 1. The zero-order valence-electron chi connectivity index (χ0n) is 13.5. The third-order valence-corrected chi connectivity index (χ3v) is 3.46. The van der Waals surface area contributed by atoms with Gasteiger partial charge in [-0.2, -0.15) is 8.42 Å². The first-order valence-electron chi connectivity index (χ1n) is 7.02. The van der Waals surface area contributed by atoms with E-state index >= 15 is 0 Å². The summed E-state index contributed by atoms with van der Waals surface area (Å²) in [5.74, 6) is -1.16. The van der Waals surface area contributed by atoms with E-state index in [-0.39, 0.29) is 17.3 Å². The van der Waals surface area contributed by atoms with Crippen LogP contribution in [0.15, 0.2) is 28.5 Å². The minimum absolute atomic E-state index is 0.0157. The number of halogens is 2. The van der Waals surface area contributed by atoms with Gasteiger partial charge < -0.3 is 5.32 Å². The van der Waals surface area contributed by atoms with E-state index in [2.05, 4.69) is 24.7 Å². The number of benzene rings is 1. The first-order valence-corrected chi connectivity index (χ1v) is 9.22. The maximum absolute atomic E-state index is 13.0. The molecule has 0 aliphatic heterocycles. The molecule has 0 unspecified atom stereocenters. The summed E-state index contributed by atoms with van der Waals surface area (Å²) in [5.41, 5.74) is 0.290. The fraction of sp³-hybridized carbons (Fsp3) is 0.357. The topological polar surface area (TPSA) is 106 Å². The summed E-state index contributed by atoms with van der Waals surface area (Å²) >= 11 is 5.61. The van der Waals surface area contributed by atoms with Gasteiger partial charge in [-0.15, -0.1) is 0 Å². The molecule has 138 valence electrons. The van der Waals surface area contributed by atoms with Gasteiger partial charge in [0, 0.05) is 11.9 Å². The summed E-state index contributed by atoms with van der Waals surface area (Å²) in [4.78, 5) is 16.4. The fourth-order valence-corrected chi connectivity index (χ4v) is 1.99. The van der Waals surface area contributed by atoms with Gasteiger partial charge in [0.2, 0.25) is 0 Å². The van der Waals surface area contributed by atoms with Crippen molar-refractivity contribution in [3.05, 3.63) is 29.0 Å². The van der Waals surface area contributed by atoms with E-state index in [0.717, 1.165) is 12.3 Å². The van der Waals surface area contributed by atoms with Crippen LogP contribution in [-0.4, -0.2) is 39.1 Å². The van der Waals surface area contributed by atoms with E-state index in [1.54, 1.807) is 0 Å². The molecular formula is C14H17ClFN3O5S. The fourth-order valence-electron chi connectivity index (χ4n) is 1.39. The summed E-state index contributed by atoms with van der Waals surface area (Å²) in [6, 6.07) is 3.74. The van der Waals surface area contributed by atoms with Crippen molar-refractivity contribution in [2.75, 3.05) is 18.2 Å². The molecule has 1 rings (SSSR count). The summed E-state index contributed by atoms with van der Waals surface area (Å²) in [5, 5.41) is 9.33. The first-order chi connectivity index (χ1) is 11.7. The van der Waals surface area contributed by atoms with E-state index in [4.69, 9.17) is 11.6 Å². The Morgan fingerprint density at radius 3 is 2.80 bits per heavy atom. The van der Waals surface area contributed by atoms with Gasteiger partial charge in [0.1, 0.15) is 11.5 Å². The summed E-state index contributed by atoms with van der Waals surface area (Å²) in [6.45, 7) is 1.44. The lowest BCUT2D eigenvalue weighted by atomic mass is 10.3. The average molecular weight is 394 g/mol. The molecule has 0 aliphatic rings. The molecule has 0 radical (unpaired) electrons. The first kappa shape index (κ1) is 21.0. The van der Waals surface area contributed by atoms with E-state index < -0.39 is 21.8 Å². The summed E-state index contributed by atoms with van der Waals surface area (Å²) < 4.78 is 39.0. The predicted molar refractivity (Wildman–Crippen MR) is 92.8 cm³/mol. The minimum Gasteiger partial charge on any atom is -0.321 e. The Kier molecular flexibility index (Phi) is 8.46. The molecule has 0 aromatic heterocycles. The number of carbonyl (C=O) groups is 1. The number of nitrogens with one attached hydrogen (secondary N) is 1. The number of anilines is 1. The molecule has 11 heteroatoms. The van der Waals surface area contributed by atoms with Crippen LogP contribution < -0.4 is 5.32 Å². The van der Waals surface area contributed by atoms with Gasteiger partial charge in [-0.05, 0) is 38.0 Å². The highest BCUT2D eigenvalue weighted by Crippen LogP contribution is 2.19. The Bertz CT molecular complexity index is 768. The van der Waals surface area contributed by atoms with Crippen molar-refractivity contribution in [2.45, 2.75) is 19.8 Å². The third kappa shape index (κ3) is 9.13. The van der Waals surface area contributed by atoms with Gasteiger partial charge in [0.15, 0.2) is 0 Å². The molecule has 0 aliphatic carbocycles.